The molecule has 17 heavy (non-hydrogen) atoms. The van der Waals surface area contributed by atoms with Crippen LogP contribution in [0.1, 0.15) is 5.82 Å². The summed E-state index contributed by atoms with van der Waals surface area (Å²) in [5.74, 6) is 0.664. The number of nitroso groups, excluding NO2 is 1. The molecular weight excluding hydrogens is 349 g/mol. The first kappa shape index (κ1) is 14.8. The Morgan fingerprint density at radius 3 is 2.82 bits per heavy atom. The lowest BCUT2D eigenvalue weighted by Crippen LogP contribution is -2.22. The number of rotatable bonds is 7. The van der Waals surface area contributed by atoms with Gasteiger partial charge in [-0.1, -0.05) is 24.8 Å². The average Bonchev–Trinajstić information content (AvgIpc) is 2.53. The third kappa shape index (κ3) is 5.73. The number of hydrogen-bond acceptors (Lipinski definition) is 4. The van der Waals surface area contributed by atoms with Crippen LogP contribution >= 0.6 is 22.6 Å². The van der Waals surface area contributed by atoms with E-state index in [1.165, 1.54) is 0 Å². The molecule has 0 aliphatic heterocycles. The first-order valence-electron chi connectivity index (χ1n) is 5.51. The number of hydrogen-bond donors (Lipinski definition) is 0. The summed E-state index contributed by atoms with van der Waals surface area (Å²) in [6.45, 7) is 8.26. The zero-order chi connectivity index (χ0) is 12.9. The Labute approximate surface area is 116 Å². The van der Waals surface area contributed by atoms with Gasteiger partial charge >= 0.3 is 0 Å². The molecule has 7 heteroatoms. The van der Waals surface area contributed by atoms with Gasteiger partial charge in [0.05, 0.1) is 0 Å². The van der Waals surface area contributed by atoms with Crippen molar-refractivity contribution >= 4 is 30.7 Å². The lowest BCUT2D eigenvalue weighted by atomic mass is 10.6. The molecule has 0 saturated carbocycles. The van der Waals surface area contributed by atoms with Crippen molar-refractivity contribution in [3.8, 4) is 0 Å². The van der Waals surface area contributed by atoms with Gasteiger partial charge in [-0.05, 0) is 28.6 Å². The number of nitrogens with zero attached hydrogens (tertiary/aromatic N) is 3. The highest BCUT2D eigenvalue weighted by atomic mass is 127. The summed E-state index contributed by atoms with van der Waals surface area (Å²) in [4.78, 5) is 14.5. The monoisotopic (exact) mass is 367 g/mol. The van der Waals surface area contributed by atoms with Gasteiger partial charge in [0.1, 0.15) is 22.8 Å². The van der Waals surface area contributed by atoms with Crippen LogP contribution < -0.4 is 0 Å². The smallest absolute Gasteiger partial charge is 0.139 e. The van der Waals surface area contributed by atoms with Crippen molar-refractivity contribution in [1.82, 2.24) is 9.55 Å². The maximum Gasteiger partial charge on any atom is 0.139 e. The zero-order valence-corrected chi connectivity index (χ0v) is 13.6. The highest BCUT2D eigenvalue weighted by molar-refractivity contribution is 14.1. The predicted molar refractivity (Wildman–Crippen MR) is 78.5 cm³/mol. The van der Waals surface area contributed by atoms with Crippen LogP contribution in [0.3, 0.4) is 0 Å². The molecule has 0 amide bonds. The van der Waals surface area contributed by atoms with Crippen molar-refractivity contribution in [3.63, 3.8) is 0 Å². The largest absolute Gasteiger partial charge is 0.361 e. The van der Waals surface area contributed by atoms with Crippen molar-refractivity contribution in [3.05, 3.63) is 20.6 Å². The van der Waals surface area contributed by atoms with E-state index in [0.29, 0.717) is 12.6 Å². The Bertz CT molecular complexity index is 376. The van der Waals surface area contributed by atoms with Crippen molar-refractivity contribution in [2.45, 2.75) is 39.0 Å². The zero-order valence-electron chi connectivity index (χ0n) is 10.4. The summed E-state index contributed by atoms with van der Waals surface area (Å²) in [6.07, 6.45) is 1.87. The van der Waals surface area contributed by atoms with Crippen molar-refractivity contribution in [2.24, 2.45) is 5.18 Å². The fourth-order valence-electron chi connectivity index (χ4n) is 1.26. The summed E-state index contributed by atoms with van der Waals surface area (Å²) < 4.78 is 8.30. The summed E-state index contributed by atoms with van der Waals surface area (Å²) in [5.41, 5.74) is 0. The van der Waals surface area contributed by atoms with E-state index in [-0.39, 0.29) is 6.54 Å². The molecule has 0 aromatic carbocycles. The molecule has 0 N–H and O–H groups in total. The molecule has 1 heterocycles. The standard InChI is InChI=1S/C10H18IN3O2Si/c1-17(2,3)5-4-16-8-14-7-9(11)13-10(14)6-12-15/h7H,4-6,8H2,1-3H3. The van der Waals surface area contributed by atoms with Crippen molar-refractivity contribution in [1.29, 1.82) is 0 Å². The quantitative estimate of drug-likeness (QED) is 0.322. The first-order valence-corrected chi connectivity index (χ1v) is 10.3. The van der Waals surface area contributed by atoms with Crippen LogP contribution in [-0.4, -0.2) is 24.2 Å². The number of halogens is 1. The Morgan fingerprint density at radius 1 is 1.53 bits per heavy atom. The minimum atomic E-state index is -1.04. The Balaban J connectivity index is 2.43. The molecule has 1 rings (SSSR count). The van der Waals surface area contributed by atoms with Gasteiger partial charge in [-0.25, -0.2) is 4.98 Å². The van der Waals surface area contributed by atoms with Crippen molar-refractivity contribution < 1.29 is 4.74 Å². The highest BCUT2D eigenvalue weighted by Crippen LogP contribution is 2.10. The predicted octanol–water partition coefficient (Wildman–Crippen LogP) is 3.07. The molecule has 0 aliphatic rings. The molecule has 0 radical (unpaired) electrons. The van der Waals surface area contributed by atoms with Gasteiger partial charge < -0.3 is 9.30 Å². The second kappa shape index (κ2) is 6.60. The minimum Gasteiger partial charge on any atom is -0.361 e. The van der Waals surface area contributed by atoms with Crippen LogP contribution in [0.15, 0.2) is 11.4 Å². The molecule has 0 atom stereocenters. The Kier molecular flexibility index (Phi) is 5.73. The Morgan fingerprint density at radius 2 is 2.24 bits per heavy atom. The summed E-state index contributed by atoms with van der Waals surface area (Å²) in [5, 5.41) is 2.86. The molecule has 0 spiro atoms. The molecule has 0 bridgehead atoms. The van der Waals surface area contributed by atoms with Gasteiger partial charge in [0.25, 0.3) is 0 Å². The highest BCUT2D eigenvalue weighted by Gasteiger charge is 2.12. The summed E-state index contributed by atoms with van der Waals surface area (Å²) in [7, 11) is -1.04. The van der Waals surface area contributed by atoms with Gasteiger partial charge in [0.15, 0.2) is 0 Å². The van der Waals surface area contributed by atoms with E-state index < -0.39 is 8.07 Å². The van der Waals surface area contributed by atoms with Crippen LogP contribution in [0.2, 0.25) is 25.7 Å². The van der Waals surface area contributed by atoms with Crippen LogP contribution in [0.4, 0.5) is 0 Å². The van der Waals surface area contributed by atoms with Crippen LogP contribution in [0.25, 0.3) is 0 Å². The lowest BCUT2D eigenvalue weighted by Gasteiger charge is -2.15. The van der Waals surface area contributed by atoms with Crippen molar-refractivity contribution in [2.75, 3.05) is 6.61 Å². The summed E-state index contributed by atoms with van der Waals surface area (Å²) >= 11 is 2.12. The second-order valence-corrected chi connectivity index (χ2v) is 11.8. The SMILES string of the molecule is C[Si](C)(C)CCOCn1cc(I)nc1CN=O. The van der Waals surface area contributed by atoms with E-state index in [1.54, 1.807) is 0 Å². The number of aromatic nitrogens is 2. The minimum absolute atomic E-state index is 0.0976. The van der Waals surface area contributed by atoms with Crippen LogP contribution in [-0.2, 0) is 18.0 Å². The maximum atomic E-state index is 10.3. The van der Waals surface area contributed by atoms with E-state index in [2.05, 4.69) is 52.4 Å². The van der Waals surface area contributed by atoms with E-state index in [9.17, 15) is 4.91 Å². The fourth-order valence-corrected chi connectivity index (χ4v) is 2.63. The molecule has 96 valence electrons. The fraction of sp³-hybridized carbons (Fsp3) is 0.700. The molecule has 0 saturated heterocycles. The van der Waals surface area contributed by atoms with Gasteiger partial charge in [0, 0.05) is 20.9 Å². The molecule has 5 nitrogen and oxygen atoms in total. The van der Waals surface area contributed by atoms with E-state index >= 15 is 0 Å². The van der Waals surface area contributed by atoms with E-state index in [1.807, 2.05) is 10.8 Å². The Hall–Kier alpha value is -0.283. The molecule has 0 fully saturated rings. The van der Waals surface area contributed by atoms with Gasteiger partial charge in [-0.15, -0.1) is 0 Å². The average molecular weight is 367 g/mol. The lowest BCUT2D eigenvalue weighted by molar-refractivity contribution is 0.0851. The topological polar surface area (TPSA) is 56.5 Å². The molecule has 0 unspecified atom stereocenters. The molecule has 1 aromatic rings. The first-order chi connectivity index (χ1) is 7.92. The van der Waals surface area contributed by atoms with Gasteiger partial charge in [-0.3, -0.25) is 0 Å². The number of imidazole rings is 1. The van der Waals surface area contributed by atoms with E-state index in [4.69, 9.17) is 4.74 Å². The van der Waals surface area contributed by atoms with Crippen LogP contribution in [0.5, 0.6) is 0 Å². The molecule has 1 aromatic heterocycles. The number of ether oxygens (including phenoxy) is 1. The van der Waals surface area contributed by atoms with Gasteiger partial charge in [-0.2, -0.15) is 4.91 Å². The molecule has 0 aliphatic carbocycles. The van der Waals surface area contributed by atoms with Gasteiger partial charge in [0.2, 0.25) is 0 Å². The van der Waals surface area contributed by atoms with E-state index in [0.717, 1.165) is 16.4 Å². The normalized spacial score (nSPS) is 11.8. The maximum absolute atomic E-state index is 10.3. The third-order valence-corrected chi connectivity index (χ3v) is 4.49. The third-order valence-electron chi connectivity index (χ3n) is 2.26. The second-order valence-electron chi connectivity index (χ2n) is 5.08. The molecular formula is C10H18IN3O2Si. The summed E-state index contributed by atoms with van der Waals surface area (Å²) in [6, 6.07) is 1.14. The van der Waals surface area contributed by atoms with Crippen LogP contribution in [0, 0.1) is 8.61 Å².